The lowest BCUT2D eigenvalue weighted by Crippen LogP contribution is -2.51. The molecule has 7 heteroatoms. The van der Waals surface area contributed by atoms with Crippen LogP contribution in [0.4, 0.5) is 4.79 Å². The third kappa shape index (κ3) is 4.47. The monoisotopic (exact) mass is 436 g/mol. The van der Waals surface area contributed by atoms with Crippen LogP contribution in [0.25, 0.3) is 11.1 Å². The molecule has 0 bridgehead atoms. The van der Waals surface area contributed by atoms with Crippen LogP contribution in [0.1, 0.15) is 49.7 Å². The maximum Gasteiger partial charge on any atom is 0.407 e. The van der Waals surface area contributed by atoms with Crippen molar-refractivity contribution in [2.24, 2.45) is 5.92 Å². The van der Waals surface area contributed by atoms with Crippen molar-refractivity contribution in [3.05, 3.63) is 59.7 Å². The lowest BCUT2D eigenvalue weighted by molar-refractivity contribution is -0.142. The minimum Gasteiger partial charge on any atom is -0.480 e. The fraction of sp³-hybridized carbons (Fsp3) is 0.400. The number of amides is 2. The maximum absolute atomic E-state index is 12.6. The number of benzene rings is 2. The Hall–Kier alpha value is -3.35. The Kier molecular flexibility index (Phi) is 6.44. The Morgan fingerprint density at radius 2 is 1.59 bits per heavy atom. The number of hydrogen-bond acceptors (Lipinski definition) is 4. The predicted molar refractivity (Wildman–Crippen MR) is 119 cm³/mol. The fourth-order valence-corrected chi connectivity index (χ4v) is 4.79. The molecule has 1 saturated carbocycles. The molecular formula is C25H28N2O5. The third-order valence-corrected chi connectivity index (χ3v) is 6.48. The quantitative estimate of drug-likeness (QED) is 0.641. The predicted octanol–water partition coefficient (Wildman–Crippen LogP) is 3.67. The molecule has 2 amide bonds. The first-order chi connectivity index (χ1) is 15.5. The second-order valence-electron chi connectivity index (χ2n) is 8.54. The zero-order chi connectivity index (χ0) is 22.7. The molecule has 0 aliphatic heterocycles. The second kappa shape index (κ2) is 9.42. The number of carbonyl (C=O) groups is 3. The minimum atomic E-state index is -1.09. The van der Waals surface area contributed by atoms with Gasteiger partial charge in [-0.25, -0.2) is 4.79 Å². The van der Waals surface area contributed by atoms with E-state index in [0.29, 0.717) is 12.8 Å². The molecule has 0 unspecified atom stereocenters. The number of fused-ring (bicyclic) bond motifs is 3. The zero-order valence-corrected chi connectivity index (χ0v) is 18.0. The van der Waals surface area contributed by atoms with E-state index < -0.39 is 24.0 Å². The first kappa shape index (κ1) is 21.9. The molecule has 0 aromatic heterocycles. The summed E-state index contributed by atoms with van der Waals surface area (Å²) >= 11 is 0. The number of hydrogen-bond donors (Lipinski definition) is 3. The van der Waals surface area contributed by atoms with Crippen LogP contribution in [0.3, 0.4) is 0 Å². The van der Waals surface area contributed by atoms with E-state index in [0.717, 1.165) is 35.1 Å². The minimum absolute atomic E-state index is 0.0324. The number of ether oxygens (including phenoxy) is 1. The SMILES string of the molecule is C[C@@H](NC(=O)[C@H]1CCCC[C@H]1NC(=O)OCC1c2ccccc2-c2ccccc21)C(=O)O. The van der Waals surface area contributed by atoms with E-state index in [2.05, 4.69) is 34.9 Å². The fourth-order valence-electron chi connectivity index (χ4n) is 4.79. The van der Waals surface area contributed by atoms with Gasteiger partial charge in [0.2, 0.25) is 5.91 Å². The number of rotatable bonds is 6. The highest BCUT2D eigenvalue weighted by Gasteiger charge is 2.34. The number of carbonyl (C=O) groups excluding carboxylic acids is 2. The van der Waals surface area contributed by atoms with E-state index in [9.17, 15) is 14.4 Å². The average Bonchev–Trinajstić information content (AvgIpc) is 3.11. The van der Waals surface area contributed by atoms with Crippen LogP contribution in [0.5, 0.6) is 0 Å². The van der Waals surface area contributed by atoms with Gasteiger partial charge in [-0.2, -0.15) is 0 Å². The molecule has 0 spiro atoms. The molecule has 4 rings (SSSR count). The number of carboxylic acids is 1. The van der Waals surface area contributed by atoms with Gasteiger partial charge in [-0.05, 0) is 42.0 Å². The van der Waals surface area contributed by atoms with Crippen molar-refractivity contribution in [2.45, 2.75) is 50.6 Å². The van der Waals surface area contributed by atoms with Gasteiger partial charge in [-0.3, -0.25) is 9.59 Å². The van der Waals surface area contributed by atoms with E-state index in [-0.39, 0.29) is 24.5 Å². The molecule has 1 fully saturated rings. The highest BCUT2D eigenvalue weighted by atomic mass is 16.5. The van der Waals surface area contributed by atoms with Crippen LogP contribution in [-0.4, -0.2) is 41.8 Å². The largest absolute Gasteiger partial charge is 0.480 e. The van der Waals surface area contributed by atoms with E-state index >= 15 is 0 Å². The van der Waals surface area contributed by atoms with Crippen LogP contribution < -0.4 is 10.6 Å². The van der Waals surface area contributed by atoms with Crippen LogP contribution in [-0.2, 0) is 14.3 Å². The topological polar surface area (TPSA) is 105 Å². The molecule has 0 saturated heterocycles. The highest BCUT2D eigenvalue weighted by molar-refractivity contribution is 5.85. The molecule has 0 radical (unpaired) electrons. The lowest BCUT2D eigenvalue weighted by atomic mass is 9.83. The van der Waals surface area contributed by atoms with Crippen LogP contribution in [0.2, 0.25) is 0 Å². The van der Waals surface area contributed by atoms with Gasteiger partial charge >= 0.3 is 12.1 Å². The summed E-state index contributed by atoms with van der Waals surface area (Å²) in [5.74, 6) is -1.93. The lowest BCUT2D eigenvalue weighted by Gasteiger charge is -2.31. The van der Waals surface area contributed by atoms with E-state index in [1.165, 1.54) is 6.92 Å². The summed E-state index contributed by atoms with van der Waals surface area (Å²) in [5.41, 5.74) is 4.60. The van der Waals surface area contributed by atoms with Crippen LogP contribution >= 0.6 is 0 Å². The third-order valence-electron chi connectivity index (χ3n) is 6.48. The van der Waals surface area contributed by atoms with Gasteiger partial charge in [0, 0.05) is 12.0 Å². The number of nitrogens with one attached hydrogen (secondary N) is 2. The normalized spacial score (nSPS) is 20.5. The van der Waals surface area contributed by atoms with Gasteiger partial charge in [0.15, 0.2) is 0 Å². The van der Waals surface area contributed by atoms with Crippen molar-refractivity contribution in [1.29, 1.82) is 0 Å². The molecular weight excluding hydrogens is 408 g/mol. The van der Waals surface area contributed by atoms with Crippen molar-refractivity contribution in [3.63, 3.8) is 0 Å². The van der Waals surface area contributed by atoms with Gasteiger partial charge in [0.1, 0.15) is 12.6 Å². The van der Waals surface area contributed by atoms with Crippen molar-refractivity contribution in [3.8, 4) is 11.1 Å². The van der Waals surface area contributed by atoms with Gasteiger partial charge in [-0.15, -0.1) is 0 Å². The Balaban J connectivity index is 1.39. The van der Waals surface area contributed by atoms with Gasteiger partial charge in [0.05, 0.1) is 5.92 Å². The smallest absolute Gasteiger partial charge is 0.407 e. The second-order valence-corrected chi connectivity index (χ2v) is 8.54. The van der Waals surface area contributed by atoms with E-state index in [4.69, 9.17) is 9.84 Å². The number of alkyl carbamates (subject to hydrolysis) is 1. The zero-order valence-electron chi connectivity index (χ0n) is 18.0. The first-order valence-corrected chi connectivity index (χ1v) is 11.1. The summed E-state index contributed by atoms with van der Waals surface area (Å²) in [7, 11) is 0. The van der Waals surface area contributed by atoms with Crippen molar-refractivity contribution in [2.75, 3.05) is 6.61 Å². The molecule has 3 atom stereocenters. The van der Waals surface area contributed by atoms with Gasteiger partial charge in [0.25, 0.3) is 0 Å². The summed E-state index contributed by atoms with van der Waals surface area (Å²) in [6.07, 6.45) is 2.47. The molecule has 7 nitrogen and oxygen atoms in total. The van der Waals surface area contributed by atoms with Gasteiger partial charge < -0.3 is 20.5 Å². The maximum atomic E-state index is 12.6. The van der Waals surface area contributed by atoms with E-state index in [1.807, 2.05) is 24.3 Å². The first-order valence-electron chi connectivity index (χ1n) is 11.1. The molecule has 2 aromatic rings. The molecule has 3 N–H and O–H groups in total. The summed E-state index contributed by atoms with van der Waals surface area (Å²) < 4.78 is 5.61. The van der Waals surface area contributed by atoms with Crippen LogP contribution in [0.15, 0.2) is 48.5 Å². The molecule has 2 aliphatic carbocycles. The summed E-state index contributed by atoms with van der Waals surface area (Å²) in [4.78, 5) is 36.3. The molecule has 2 aliphatic rings. The van der Waals surface area contributed by atoms with Crippen molar-refractivity contribution < 1.29 is 24.2 Å². The average molecular weight is 437 g/mol. The number of carboxylic acid groups (broad SMARTS) is 1. The molecule has 2 aromatic carbocycles. The summed E-state index contributed by atoms with van der Waals surface area (Å²) in [6, 6.07) is 14.9. The summed E-state index contributed by atoms with van der Waals surface area (Å²) in [6.45, 7) is 1.64. The Morgan fingerprint density at radius 3 is 2.22 bits per heavy atom. The van der Waals surface area contributed by atoms with E-state index in [1.54, 1.807) is 0 Å². The standard InChI is InChI=1S/C25H28N2O5/c1-15(24(29)30)26-23(28)20-12-6-7-13-22(20)27-25(31)32-14-21-18-10-4-2-8-16(18)17-9-3-5-11-19(17)21/h2-5,8-11,15,20-22H,6-7,12-14H2,1H3,(H,26,28)(H,27,31)(H,29,30)/t15-,20+,22-/m1/s1. The Bertz CT molecular complexity index is 975. The van der Waals surface area contributed by atoms with Crippen molar-refractivity contribution >= 4 is 18.0 Å². The van der Waals surface area contributed by atoms with Crippen molar-refractivity contribution in [1.82, 2.24) is 10.6 Å². The number of aliphatic carboxylic acids is 1. The molecule has 0 heterocycles. The molecule has 32 heavy (non-hydrogen) atoms. The Labute approximate surface area is 187 Å². The summed E-state index contributed by atoms with van der Waals surface area (Å²) in [5, 5.41) is 14.4. The van der Waals surface area contributed by atoms with Crippen LogP contribution in [0, 0.1) is 5.92 Å². The molecule has 168 valence electrons. The van der Waals surface area contributed by atoms with Gasteiger partial charge in [-0.1, -0.05) is 61.4 Å². The Morgan fingerprint density at radius 1 is 1.00 bits per heavy atom. The highest BCUT2D eigenvalue weighted by Crippen LogP contribution is 2.44.